The zero-order chi connectivity index (χ0) is 20.8. The van der Waals surface area contributed by atoms with Crippen LogP contribution in [0.15, 0.2) is 66.0 Å². The molecule has 0 unspecified atom stereocenters. The van der Waals surface area contributed by atoms with Gasteiger partial charge in [0.2, 0.25) is 5.91 Å². The number of nitrogens with zero attached hydrogens (tertiary/aromatic N) is 2. The lowest BCUT2D eigenvalue weighted by molar-refractivity contribution is -0.126. The van der Waals surface area contributed by atoms with Crippen molar-refractivity contribution >= 4 is 28.4 Å². The first-order valence-corrected chi connectivity index (χ1v) is 11.0. The summed E-state index contributed by atoms with van der Waals surface area (Å²) in [6.45, 7) is 1.66. The van der Waals surface area contributed by atoms with E-state index < -0.39 is 0 Å². The van der Waals surface area contributed by atoms with Gasteiger partial charge < -0.3 is 10.2 Å². The molecule has 30 heavy (non-hydrogen) atoms. The lowest BCUT2D eigenvalue weighted by atomic mass is 9.96. The largest absolute Gasteiger partial charge is 0.352 e. The molecule has 2 heterocycles. The number of rotatable bonds is 5. The van der Waals surface area contributed by atoms with E-state index in [-0.39, 0.29) is 17.9 Å². The first-order chi connectivity index (χ1) is 14.7. The van der Waals surface area contributed by atoms with Gasteiger partial charge >= 0.3 is 6.03 Å². The van der Waals surface area contributed by atoms with Gasteiger partial charge in [0.1, 0.15) is 0 Å². The third-order valence-corrected chi connectivity index (χ3v) is 6.01. The van der Waals surface area contributed by atoms with Gasteiger partial charge in [-0.05, 0) is 18.4 Å². The number of anilines is 1. The summed E-state index contributed by atoms with van der Waals surface area (Å²) in [6.07, 6.45) is 1.34. The van der Waals surface area contributed by atoms with Gasteiger partial charge in [0.25, 0.3) is 0 Å². The maximum absolute atomic E-state index is 12.6. The summed E-state index contributed by atoms with van der Waals surface area (Å²) in [6, 6.07) is 19.6. The van der Waals surface area contributed by atoms with Crippen LogP contribution in [0, 0.1) is 5.92 Å². The molecule has 6 nitrogen and oxygen atoms in total. The van der Waals surface area contributed by atoms with Crippen molar-refractivity contribution in [3.05, 3.63) is 71.6 Å². The van der Waals surface area contributed by atoms with E-state index in [2.05, 4.69) is 15.6 Å². The van der Waals surface area contributed by atoms with Crippen LogP contribution in [0.4, 0.5) is 9.93 Å². The Morgan fingerprint density at radius 3 is 2.37 bits per heavy atom. The zero-order valence-electron chi connectivity index (χ0n) is 16.6. The van der Waals surface area contributed by atoms with Gasteiger partial charge in [0, 0.05) is 36.5 Å². The third kappa shape index (κ3) is 5.04. The predicted molar refractivity (Wildman–Crippen MR) is 119 cm³/mol. The number of urea groups is 1. The summed E-state index contributed by atoms with van der Waals surface area (Å²) in [5.41, 5.74) is 2.96. The molecular weight excluding hydrogens is 396 g/mol. The van der Waals surface area contributed by atoms with Gasteiger partial charge in [-0.1, -0.05) is 60.7 Å². The second kappa shape index (κ2) is 9.54. The Morgan fingerprint density at radius 2 is 1.67 bits per heavy atom. The summed E-state index contributed by atoms with van der Waals surface area (Å²) in [5.74, 6) is 0.00801. The number of likely N-dealkylation sites (tertiary alicyclic amines) is 1. The molecule has 154 valence electrons. The fourth-order valence-electron chi connectivity index (χ4n) is 3.52. The van der Waals surface area contributed by atoms with Crippen LogP contribution >= 0.6 is 11.3 Å². The number of thiazole rings is 1. The van der Waals surface area contributed by atoms with Gasteiger partial charge in [-0.3, -0.25) is 10.1 Å². The Morgan fingerprint density at radius 1 is 1.00 bits per heavy atom. The molecule has 2 N–H and O–H groups in total. The predicted octanol–water partition coefficient (Wildman–Crippen LogP) is 4.37. The minimum Gasteiger partial charge on any atom is -0.352 e. The van der Waals surface area contributed by atoms with Crippen LogP contribution in [-0.2, 0) is 11.3 Å². The lowest BCUT2D eigenvalue weighted by Crippen LogP contribution is -2.44. The van der Waals surface area contributed by atoms with Gasteiger partial charge in [-0.25, -0.2) is 9.78 Å². The molecule has 2 aromatic carbocycles. The number of benzene rings is 2. The van der Waals surface area contributed by atoms with Gasteiger partial charge in [0.15, 0.2) is 5.13 Å². The fourth-order valence-corrected chi connectivity index (χ4v) is 4.23. The molecule has 4 rings (SSSR count). The second-order valence-corrected chi connectivity index (χ2v) is 8.16. The number of hydrogen-bond donors (Lipinski definition) is 2. The highest BCUT2D eigenvalue weighted by atomic mass is 32.1. The number of carbonyl (C=O) groups excluding carboxylic acids is 2. The summed E-state index contributed by atoms with van der Waals surface area (Å²) >= 11 is 1.41. The van der Waals surface area contributed by atoms with E-state index in [1.54, 1.807) is 4.90 Å². The number of aromatic nitrogens is 1. The van der Waals surface area contributed by atoms with Gasteiger partial charge in [0.05, 0.1) is 5.69 Å². The smallest absolute Gasteiger partial charge is 0.323 e. The summed E-state index contributed by atoms with van der Waals surface area (Å²) in [7, 11) is 0. The van der Waals surface area contributed by atoms with Crippen LogP contribution in [0.3, 0.4) is 0 Å². The molecule has 0 spiro atoms. The molecule has 1 saturated heterocycles. The van der Waals surface area contributed by atoms with Crippen molar-refractivity contribution < 1.29 is 9.59 Å². The van der Waals surface area contributed by atoms with Crippen LogP contribution in [-0.4, -0.2) is 34.9 Å². The molecule has 0 atom stereocenters. The van der Waals surface area contributed by atoms with Crippen molar-refractivity contribution in [1.82, 2.24) is 15.2 Å². The van der Waals surface area contributed by atoms with Crippen molar-refractivity contribution in [2.45, 2.75) is 19.4 Å². The highest BCUT2D eigenvalue weighted by Crippen LogP contribution is 2.25. The molecule has 0 bridgehead atoms. The highest BCUT2D eigenvalue weighted by molar-refractivity contribution is 7.14. The second-order valence-electron chi connectivity index (χ2n) is 7.30. The molecule has 0 aliphatic carbocycles. The molecule has 0 radical (unpaired) electrons. The number of hydrogen-bond acceptors (Lipinski definition) is 4. The van der Waals surface area contributed by atoms with Crippen LogP contribution in [0.25, 0.3) is 11.3 Å². The van der Waals surface area contributed by atoms with Crippen LogP contribution in [0.2, 0.25) is 0 Å². The summed E-state index contributed by atoms with van der Waals surface area (Å²) in [4.78, 5) is 31.3. The maximum atomic E-state index is 12.6. The van der Waals surface area contributed by atoms with Crippen molar-refractivity contribution in [2.24, 2.45) is 5.92 Å². The van der Waals surface area contributed by atoms with Crippen molar-refractivity contribution in [1.29, 1.82) is 0 Å². The Balaban J connectivity index is 1.24. The molecule has 0 saturated carbocycles. The van der Waals surface area contributed by atoms with E-state index in [4.69, 9.17) is 0 Å². The molecule has 3 aromatic rings. The van der Waals surface area contributed by atoms with E-state index in [9.17, 15) is 9.59 Å². The summed E-state index contributed by atoms with van der Waals surface area (Å²) < 4.78 is 0. The van der Waals surface area contributed by atoms with E-state index in [1.807, 2.05) is 66.0 Å². The van der Waals surface area contributed by atoms with E-state index in [0.29, 0.717) is 37.6 Å². The van der Waals surface area contributed by atoms with E-state index in [1.165, 1.54) is 11.3 Å². The Labute approximate surface area is 180 Å². The number of piperidine rings is 1. The Kier molecular flexibility index (Phi) is 6.39. The standard InChI is InChI=1S/C23H24N4O2S/c28-21(24-15-17-7-3-1-4-8-17)19-11-13-27(14-12-19)23(29)26-22-25-20(16-30-22)18-9-5-2-6-10-18/h1-10,16,19H,11-15H2,(H,24,28)(H,25,26,29). The molecular formula is C23H24N4O2S. The van der Waals surface area contributed by atoms with Crippen molar-refractivity contribution in [3.63, 3.8) is 0 Å². The van der Waals surface area contributed by atoms with Crippen molar-refractivity contribution in [3.8, 4) is 11.3 Å². The van der Waals surface area contributed by atoms with Crippen LogP contribution in [0.1, 0.15) is 18.4 Å². The molecule has 7 heteroatoms. The third-order valence-electron chi connectivity index (χ3n) is 5.25. The van der Waals surface area contributed by atoms with E-state index in [0.717, 1.165) is 16.8 Å². The first kappa shape index (κ1) is 20.1. The quantitative estimate of drug-likeness (QED) is 0.644. The van der Waals surface area contributed by atoms with Crippen molar-refractivity contribution in [2.75, 3.05) is 18.4 Å². The minimum absolute atomic E-state index is 0.0534. The number of carbonyl (C=O) groups is 2. The average Bonchev–Trinajstić information content (AvgIpc) is 3.27. The first-order valence-electron chi connectivity index (χ1n) is 10.1. The lowest BCUT2D eigenvalue weighted by Gasteiger charge is -2.31. The fraction of sp³-hybridized carbons (Fsp3) is 0.261. The normalized spacial score (nSPS) is 14.3. The topological polar surface area (TPSA) is 74.3 Å². The SMILES string of the molecule is O=C(NCc1ccccc1)C1CCN(C(=O)Nc2nc(-c3ccccc3)cs2)CC1. The molecule has 3 amide bonds. The van der Waals surface area contributed by atoms with Gasteiger partial charge in [-0.15, -0.1) is 11.3 Å². The summed E-state index contributed by atoms with van der Waals surface area (Å²) in [5, 5.41) is 8.41. The van der Waals surface area contributed by atoms with Gasteiger partial charge in [-0.2, -0.15) is 0 Å². The van der Waals surface area contributed by atoms with Crippen LogP contribution in [0.5, 0.6) is 0 Å². The van der Waals surface area contributed by atoms with Crippen LogP contribution < -0.4 is 10.6 Å². The molecule has 1 fully saturated rings. The minimum atomic E-state index is -0.160. The number of amides is 3. The molecule has 1 aliphatic heterocycles. The highest BCUT2D eigenvalue weighted by Gasteiger charge is 2.27. The zero-order valence-corrected chi connectivity index (χ0v) is 17.4. The number of nitrogens with one attached hydrogen (secondary N) is 2. The monoisotopic (exact) mass is 420 g/mol. The Hall–Kier alpha value is -3.19. The molecule has 1 aromatic heterocycles. The van der Waals surface area contributed by atoms with E-state index >= 15 is 0 Å². The molecule has 1 aliphatic rings. The Bertz CT molecular complexity index is 983. The maximum Gasteiger partial charge on any atom is 0.323 e. The average molecular weight is 421 g/mol.